The van der Waals surface area contributed by atoms with Gasteiger partial charge in [-0.25, -0.2) is 0 Å². The summed E-state index contributed by atoms with van der Waals surface area (Å²) in [5.74, 6) is 0.876. The molecule has 2 heterocycles. The molecule has 0 spiro atoms. The molecule has 2 saturated heterocycles. The first-order valence-electron chi connectivity index (χ1n) is 8.38. The third-order valence-electron chi connectivity index (χ3n) is 5.64. The molecule has 110 valence electrons. The molecule has 3 nitrogen and oxygen atoms in total. The Morgan fingerprint density at radius 1 is 1.21 bits per heavy atom. The van der Waals surface area contributed by atoms with Crippen LogP contribution in [0.4, 0.5) is 0 Å². The molecule has 0 aromatic heterocycles. The lowest BCUT2D eigenvalue weighted by Crippen LogP contribution is -2.54. The van der Waals surface area contributed by atoms with Crippen molar-refractivity contribution in [2.45, 2.75) is 70.1 Å². The molecule has 0 aromatic rings. The average Bonchev–Trinajstić information content (AvgIpc) is 3.22. The van der Waals surface area contributed by atoms with Gasteiger partial charge in [0.25, 0.3) is 0 Å². The number of hydrogen-bond donors (Lipinski definition) is 1. The summed E-state index contributed by atoms with van der Waals surface area (Å²) in [6, 6.07) is 0.699. The lowest BCUT2D eigenvalue weighted by molar-refractivity contribution is 0.0383. The molecule has 1 aliphatic carbocycles. The van der Waals surface area contributed by atoms with E-state index in [-0.39, 0.29) is 0 Å². The molecule has 0 aromatic carbocycles. The zero-order valence-electron chi connectivity index (χ0n) is 12.7. The van der Waals surface area contributed by atoms with E-state index in [2.05, 4.69) is 24.1 Å². The van der Waals surface area contributed by atoms with Crippen LogP contribution in [0.5, 0.6) is 0 Å². The average molecular weight is 266 g/mol. The van der Waals surface area contributed by atoms with E-state index in [0.29, 0.717) is 17.7 Å². The third kappa shape index (κ3) is 2.84. The van der Waals surface area contributed by atoms with Crippen LogP contribution in [0.1, 0.15) is 52.4 Å². The molecular weight excluding hydrogens is 236 g/mol. The van der Waals surface area contributed by atoms with Gasteiger partial charge in [0.05, 0.1) is 6.10 Å². The maximum Gasteiger partial charge on any atom is 0.0759 e. The van der Waals surface area contributed by atoms with E-state index in [4.69, 9.17) is 4.74 Å². The minimum atomic E-state index is 0.340. The van der Waals surface area contributed by atoms with E-state index in [1.54, 1.807) is 0 Å². The van der Waals surface area contributed by atoms with E-state index in [1.165, 1.54) is 58.2 Å². The van der Waals surface area contributed by atoms with Crippen molar-refractivity contribution in [1.29, 1.82) is 0 Å². The maximum absolute atomic E-state index is 6.06. The Morgan fingerprint density at radius 2 is 2.00 bits per heavy atom. The molecule has 3 fully saturated rings. The van der Waals surface area contributed by atoms with Gasteiger partial charge in [0, 0.05) is 24.7 Å². The van der Waals surface area contributed by atoms with Crippen molar-refractivity contribution in [3.8, 4) is 0 Å². The summed E-state index contributed by atoms with van der Waals surface area (Å²) in [5.41, 5.74) is 0.340. The summed E-state index contributed by atoms with van der Waals surface area (Å²) in [6.45, 7) is 9.32. The predicted molar refractivity (Wildman–Crippen MR) is 78.4 cm³/mol. The van der Waals surface area contributed by atoms with Gasteiger partial charge >= 0.3 is 0 Å². The highest BCUT2D eigenvalue weighted by atomic mass is 16.5. The van der Waals surface area contributed by atoms with Gasteiger partial charge in [0.2, 0.25) is 0 Å². The largest absolute Gasteiger partial charge is 0.376 e. The molecule has 2 aliphatic heterocycles. The van der Waals surface area contributed by atoms with Gasteiger partial charge in [-0.15, -0.1) is 0 Å². The van der Waals surface area contributed by atoms with E-state index in [0.717, 1.165) is 12.5 Å². The lowest BCUT2D eigenvalue weighted by atomic mass is 9.91. The van der Waals surface area contributed by atoms with Crippen molar-refractivity contribution in [2.24, 2.45) is 5.92 Å². The van der Waals surface area contributed by atoms with Gasteiger partial charge in [-0.05, 0) is 57.5 Å². The summed E-state index contributed by atoms with van der Waals surface area (Å²) in [4.78, 5) is 2.77. The van der Waals surface area contributed by atoms with Crippen molar-refractivity contribution in [1.82, 2.24) is 10.2 Å². The van der Waals surface area contributed by atoms with E-state index >= 15 is 0 Å². The standard InChI is InChI=1S/C16H30N2O/c1-3-16(4-2)12-18(10-5-9-17-16)14-8-11-19-15(14)13-6-7-13/h13-15,17H,3-12H2,1-2H3. The highest BCUT2D eigenvalue weighted by Gasteiger charge is 2.44. The van der Waals surface area contributed by atoms with Crippen LogP contribution in [0.2, 0.25) is 0 Å². The monoisotopic (exact) mass is 266 g/mol. The van der Waals surface area contributed by atoms with Gasteiger partial charge in [-0.1, -0.05) is 13.8 Å². The SMILES string of the molecule is CCC1(CC)CN(C2CCOC2C2CC2)CCCN1. The van der Waals surface area contributed by atoms with Crippen molar-refractivity contribution < 1.29 is 4.74 Å². The van der Waals surface area contributed by atoms with Crippen LogP contribution in [0.3, 0.4) is 0 Å². The van der Waals surface area contributed by atoms with Gasteiger partial charge in [0.15, 0.2) is 0 Å². The molecule has 3 heteroatoms. The predicted octanol–water partition coefficient (Wildman–Crippen LogP) is 2.41. The minimum Gasteiger partial charge on any atom is -0.376 e. The van der Waals surface area contributed by atoms with Crippen LogP contribution < -0.4 is 5.32 Å². The highest BCUT2D eigenvalue weighted by molar-refractivity contribution is 4.99. The van der Waals surface area contributed by atoms with Crippen LogP contribution >= 0.6 is 0 Å². The molecule has 2 unspecified atom stereocenters. The smallest absolute Gasteiger partial charge is 0.0759 e. The van der Waals surface area contributed by atoms with Crippen molar-refractivity contribution in [2.75, 3.05) is 26.2 Å². The van der Waals surface area contributed by atoms with Gasteiger partial charge < -0.3 is 10.1 Å². The molecule has 3 aliphatic rings. The molecule has 19 heavy (non-hydrogen) atoms. The second kappa shape index (κ2) is 5.71. The van der Waals surface area contributed by atoms with Crippen LogP contribution in [-0.4, -0.2) is 48.8 Å². The molecule has 2 atom stereocenters. The number of hydrogen-bond acceptors (Lipinski definition) is 3. The number of nitrogens with one attached hydrogen (secondary N) is 1. The fourth-order valence-corrected chi connectivity index (χ4v) is 4.03. The van der Waals surface area contributed by atoms with Crippen molar-refractivity contribution >= 4 is 0 Å². The van der Waals surface area contributed by atoms with Gasteiger partial charge in [-0.3, -0.25) is 4.90 Å². The summed E-state index contributed by atoms with van der Waals surface area (Å²) < 4.78 is 6.06. The molecule has 0 radical (unpaired) electrons. The fourth-order valence-electron chi connectivity index (χ4n) is 4.03. The minimum absolute atomic E-state index is 0.340. The second-order valence-electron chi connectivity index (χ2n) is 6.77. The number of nitrogens with zero attached hydrogens (tertiary/aromatic N) is 1. The molecule has 1 N–H and O–H groups in total. The molecule has 3 rings (SSSR count). The Morgan fingerprint density at radius 3 is 2.68 bits per heavy atom. The highest BCUT2D eigenvalue weighted by Crippen LogP contribution is 2.41. The summed E-state index contributed by atoms with van der Waals surface area (Å²) in [7, 11) is 0. The first-order valence-corrected chi connectivity index (χ1v) is 8.38. The Balaban J connectivity index is 1.71. The van der Waals surface area contributed by atoms with Gasteiger partial charge in [-0.2, -0.15) is 0 Å². The Bertz CT molecular complexity index is 299. The Kier molecular flexibility index (Phi) is 4.16. The second-order valence-corrected chi connectivity index (χ2v) is 6.77. The fraction of sp³-hybridized carbons (Fsp3) is 1.00. The summed E-state index contributed by atoms with van der Waals surface area (Å²) in [6.07, 6.45) is 8.37. The van der Waals surface area contributed by atoms with Crippen LogP contribution in [0, 0.1) is 5.92 Å². The van der Waals surface area contributed by atoms with Crippen molar-refractivity contribution in [3.63, 3.8) is 0 Å². The number of rotatable bonds is 4. The quantitative estimate of drug-likeness (QED) is 0.845. The zero-order chi connectivity index (χ0) is 13.3. The van der Waals surface area contributed by atoms with E-state index in [1.807, 2.05) is 0 Å². The normalized spacial score (nSPS) is 36.3. The van der Waals surface area contributed by atoms with E-state index < -0.39 is 0 Å². The number of ether oxygens (including phenoxy) is 1. The topological polar surface area (TPSA) is 24.5 Å². The Labute approximate surface area is 118 Å². The lowest BCUT2D eigenvalue weighted by Gasteiger charge is -2.39. The first kappa shape index (κ1) is 13.8. The zero-order valence-corrected chi connectivity index (χ0v) is 12.7. The summed E-state index contributed by atoms with van der Waals surface area (Å²) >= 11 is 0. The van der Waals surface area contributed by atoms with Crippen molar-refractivity contribution in [3.05, 3.63) is 0 Å². The van der Waals surface area contributed by atoms with Gasteiger partial charge in [0.1, 0.15) is 0 Å². The Hall–Kier alpha value is -0.120. The van der Waals surface area contributed by atoms with Crippen LogP contribution in [0.25, 0.3) is 0 Å². The molecular formula is C16H30N2O. The van der Waals surface area contributed by atoms with Crippen LogP contribution in [-0.2, 0) is 4.74 Å². The molecule has 0 bridgehead atoms. The summed E-state index contributed by atoms with van der Waals surface area (Å²) in [5, 5.41) is 3.83. The van der Waals surface area contributed by atoms with Crippen LogP contribution in [0.15, 0.2) is 0 Å². The first-order chi connectivity index (χ1) is 9.28. The molecule has 0 amide bonds. The maximum atomic E-state index is 6.06. The molecule has 1 saturated carbocycles. The third-order valence-corrected chi connectivity index (χ3v) is 5.64. The van der Waals surface area contributed by atoms with E-state index in [9.17, 15) is 0 Å².